The number of hydrogen-bond donors (Lipinski definition) is 2. The minimum atomic E-state index is -0.221. The van der Waals surface area contributed by atoms with Crippen LogP contribution in [0.15, 0.2) is 23.7 Å². The van der Waals surface area contributed by atoms with E-state index in [4.69, 9.17) is 0 Å². The maximum Gasteiger partial charge on any atom is 0.242 e. The molecule has 1 aromatic carbocycles. The van der Waals surface area contributed by atoms with Crippen molar-refractivity contribution < 1.29 is 4.79 Å². The van der Waals surface area contributed by atoms with Crippen LogP contribution in [-0.4, -0.2) is 23.0 Å². The van der Waals surface area contributed by atoms with Crippen LogP contribution in [0.25, 0.3) is 10.2 Å². The maximum atomic E-state index is 12.1. The minimum Gasteiger partial charge on any atom is -0.374 e. The predicted molar refractivity (Wildman–Crippen MR) is 83.1 cm³/mol. The number of hydrogen-bond acceptors (Lipinski definition) is 4. The number of benzene rings is 1. The van der Waals surface area contributed by atoms with Gasteiger partial charge in [0.25, 0.3) is 0 Å². The summed E-state index contributed by atoms with van der Waals surface area (Å²) < 4.78 is 1.14. The third-order valence-electron chi connectivity index (χ3n) is 3.81. The van der Waals surface area contributed by atoms with E-state index in [1.54, 1.807) is 11.3 Å². The smallest absolute Gasteiger partial charge is 0.242 e. The Morgan fingerprint density at radius 2 is 2.20 bits per heavy atom. The van der Waals surface area contributed by atoms with Gasteiger partial charge in [-0.25, -0.2) is 4.98 Å². The van der Waals surface area contributed by atoms with Crippen molar-refractivity contribution in [1.29, 1.82) is 0 Å². The zero-order valence-corrected chi connectivity index (χ0v) is 12.4. The van der Waals surface area contributed by atoms with Gasteiger partial charge in [-0.1, -0.05) is 12.8 Å². The zero-order chi connectivity index (χ0) is 13.9. The van der Waals surface area contributed by atoms with Gasteiger partial charge in [0.05, 0.1) is 15.7 Å². The van der Waals surface area contributed by atoms with Crippen LogP contribution in [0.2, 0.25) is 0 Å². The molecule has 0 saturated heterocycles. The van der Waals surface area contributed by atoms with Crippen LogP contribution in [-0.2, 0) is 4.79 Å². The molecule has 1 aliphatic rings. The first kappa shape index (κ1) is 13.4. The number of amides is 1. The average Bonchev–Trinajstić information content (AvgIpc) is 3.08. The van der Waals surface area contributed by atoms with E-state index in [-0.39, 0.29) is 11.9 Å². The van der Waals surface area contributed by atoms with Crippen LogP contribution in [0, 0.1) is 0 Å². The Morgan fingerprint density at radius 1 is 1.40 bits per heavy atom. The quantitative estimate of drug-likeness (QED) is 0.909. The van der Waals surface area contributed by atoms with Crippen LogP contribution >= 0.6 is 11.3 Å². The lowest BCUT2D eigenvalue weighted by Gasteiger charge is -2.18. The van der Waals surface area contributed by atoms with Gasteiger partial charge >= 0.3 is 0 Å². The molecule has 0 bridgehead atoms. The second-order valence-corrected chi connectivity index (χ2v) is 6.28. The fourth-order valence-corrected chi connectivity index (χ4v) is 3.37. The molecule has 1 saturated carbocycles. The molecule has 4 nitrogen and oxygen atoms in total. The number of carbonyl (C=O) groups excluding carboxylic acids is 1. The van der Waals surface area contributed by atoms with E-state index >= 15 is 0 Å². The summed E-state index contributed by atoms with van der Waals surface area (Å²) in [7, 11) is 0. The number of aromatic nitrogens is 1. The van der Waals surface area contributed by atoms with Crippen molar-refractivity contribution in [3.05, 3.63) is 23.7 Å². The molecule has 0 aliphatic heterocycles. The molecule has 1 unspecified atom stereocenters. The lowest BCUT2D eigenvalue weighted by atomic mass is 10.2. The Hall–Kier alpha value is -1.62. The van der Waals surface area contributed by atoms with Crippen LogP contribution in [0.3, 0.4) is 0 Å². The summed E-state index contributed by atoms with van der Waals surface area (Å²) in [4.78, 5) is 16.4. The fraction of sp³-hybridized carbons (Fsp3) is 0.467. The largest absolute Gasteiger partial charge is 0.374 e. The van der Waals surface area contributed by atoms with Gasteiger partial charge in [0, 0.05) is 11.7 Å². The highest BCUT2D eigenvalue weighted by Crippen LogP contribution is 2.22. The zero-order valence-electron chi connectivity index (χ0n) is 11.6. The first-order valence-corrected chi connectivity index (χ1v) is 8.00. The van der Waals surface area contributed by atoms with Crippen molar-refractivity contribution in [2.75, 3.05) is 5.32 Å². The van der Waals surface area contributed by atoms with E-state index in [0.717, 1.165) is 28.7 Å². The summed E-state index contributed by atoms with van der Waals surface area (Å²) in [5.41, 5.74) is 3.81. The minimum absolute atomic E-state index is 0.0845. The molecule has 1 heterocycles. The summed E-state index contributed by atoms with van der Waals surface area (Å²) in [6.45, 7) is 1.90. The molecule has 1 atom stereocenters. The van der Waals surface area contributed by atoms with E-state index in [0.29, 0.717) is 6.04 Å². The summed E-state index contributed by atoms with van der Waals surface area (Å²) in [5, 5.41) is 6.38. The fourth-order valence-electron chi connectivity index (χ4n) is 2.66. The average molecular weight is 289 g/mol. The standard InChI is InChI=1S/C15H19N3OS/c1-10(15(19)18-11-4-2-3-5-11)17-12-6-7-13-14(8-12)20-9-16-13/h6-11,17H,2-5H2,1H3,(H,18,19). The topological polar surface area (TPSA) is 54.0 Å². The highest BCUT2D eigenvalue weighted by atomic mass is 32.1. The SMILES string of the molecule is CC(Nc1ccc2ncsc2c1)C(=O)NC1CCCC1. The number of anilines is 1. The van der Waals surface area contributed by atoms with Crippen molar-refractivity contribution in [2.45, 2.75) is 44.7 Å². The molecule has 1 fully saturated rings. The van der Waals surface area contributed by atoms with E-state index in [9.17, 15) is 4.79 Å². The lowest BCUT2D eigenvalue weighted by Crippen LogP contribution is -2.42. The van der Waals surface area contributed by atoms with E-state index in [1.165, 1.54) is 12.8 Å². The Kier molecular flexibility index (Phi) is 3.87. The molecule has 106 valence electrons. The summed E-state index contributed by atoms with van der Waals surface area (Å²) in [6, 6.07) is 6.15. The molecule has 2 N–H and O–H groups in total. The second-order valence-electron chi connectivity index (χ2n) is 5.39. The third-order valence-corrected chi connectivity index (χ3v) is 4.60. The van der Waals surface area contributed by atoms with Gasteiger partial charge in [-0.15, -0.1) is 11.3 Å². The van der Waals surface area contributed by atoms with Crippen LogP contribution in [0.1, 0.15) is 32.6 Å². The molecular weight excluding hydrogens is 270 g/mol. The Labute approximate surface area is 122 Å². The highest BCUT2D eigenvalue weighted by Gasteiger charge is 2.20. The normalized spacial score (nSPS) is 17.2. The van der Waals surface area contributed by atoms with Crippen molar-refractivity contribution in [1.82, 2.24) is 10.3 Å². The van der Waals surface area contributed by atoms with Crippen LogP contribution in [0.5, 0.6) is 0 Å². The molecule has 1 aromatic heterocycles. The van der Waals surface area contributed by atoms with Gasteiger partial charge in [0.1, 0.15) is 6.04 Å². The Balaban J connectivity index is 1.61. The third kappa shape index (κ3) is 2.93. The number of rotatable bonds is 4. The molecule has 1 aliphatic carbocycles. The molecule has 1 amide bonds. The predicted octanol–water partition coefficient (Wildman–Crippen LogP) is 3.16. The van der Waals surface area contributed by atoms with Gasteiger partial charge in [-0.2, -0.15) is 0 Å². The Bertz CT molecular complexity index is 604. The van der Waals surface area contributed by atoms with Crippen molar-refractivity contribution in [2.24, 2.45) is 0 Å². The molecule has 2 aromatic rings. The number of thiazole rings is 1. The molecule has 3 rings (SSSR count). The first-order valence-electron chi connectivity index (χ1n) is 7.12. The summed E-state index contributed by atoms with van der Waals surface area (Å²) >= 11 is 1.61. The number of fused-ring (bicyclic) bond motifs is 1. The van der Waals surface area contributed by atoms with Gasteiger partial charge in [0.15, 0.2) is 0 Å². The molecule has 0 spiro atoms. The van der Waals surface area contributed by atoms with Crippen LogP contribution in [0.4, 0.5) is 5.69 Å². The van der Waals surface area contributed by atoms with Crippen molar-refractivity contribution in [3.8, 4) is 0 Å². The second kappa shape index (κ2) is 5.79. The number of nitrogens with one attached hydrogen (secondary N) is 2. The van der Waals surface area contributed by atoms with Gasteiger partial charge < -0.3 is 10.6 Å². The maximum absolute atomic E-state index is 12.1. The van der Waals surface area contributed by atoms with E-state index in [2.05, 4.69) is 15.6 Å². The Morgan fingerprint density at radius 3 is 3.00 bits per heavy atom. The van der Waals surface area contributed by atoms with Crippen LogP contribution < -0.4 is 10.6 Å². The summed E-state index contributed by atoms with van der Waals surface area (Å²) in [5.74, 6) is 0.0845. The molecule has 5 heteroatoms. The van der Waals surface area contributed by atoms with Gasteiger partial charge in [0.2, 0.25) is 5.91 Å². The molecule has 20 heavy (non-hydrogen) atoms. The molecular formula is C15H19N3OS. The number of nitrogens with zero attached hydrogens (tertiary/aromatic N) is 1. The first-order chi connectivity index (χ1) is 9.72. The van der Waals surface area contributed by atoms with E-state index in [1.807, 2.05) is 30.6 Å². The lowest BCUT2D eigenvalue weighted by molar-refractivity contribution is -0.122. The molecule has 0 radical (unpaired) electrons. The van der Waals surface area contributed by atoms with Crippen molar-refractivity contribution in [3.63, 3.8) is 0 Å². The van der Waals surface area contributed by atoms with Crippen molar-refractivity contribution >= 4 is 33.1 Å². The number of carbonyl (C=O) groups is 1. The van der Waals surface area contributed by atoms with Gasteiger partial charge in [-0.3, -0.25) is 4.79 Å². The monoisotopic (exact) mass is 289 g/mol. The highest BCUT2D eigenvalue weighted by molar-refractivity contribution is 7.16. The summed E-state index contributed by atoms with van der Waals surface area (Å²) in [6.07, 6.45) is 4.69. The van der Waals surface area contributed by atoms with E-state index < -0.39 is 0 Å². The van der Waals surface area contributed by atoms with Gasteiger partial charge in [-0.05, 0) is 38.0 Å².